The third-order valence-corrected chi connectivity index (χ3v) is 4.06. The van der Waals surface area contributed by atoms with Gasteiger partial charge in [-0.15, -0.1) is 11.3 Å². The highest BCUT2D eigenvalue weighted by Gasteiger charge is 2.19. The molecule has 2 atom stereocenters. The molecule has 1 aromatic rings. The van der Waals surface area contributed by atoms with Gasteiger partial charge in [-0.25, -0.2) is 9.78 Å². The molecule has 0 saturated carbocycles. The number of rotatable bonds is 8. The van der Waals surface area contributed by atoms with Gasteiger partial charge < -0.3 is 15.7 Å². The van der Waals surface area contributed by atoms with Gasteiger partial charge in [-0.2, -0.15) is 0 Å². The van der Waals surface area contributed by atoms with Gasteiger partial charge in [0, 0.05) is 30.6 Å². The highest BCUT2D eigenvalue weighted by Crippen LogP contribution is 2.16. The number of nitrogens with one attached hydrogen (secondary N) is 2. The number of carboxylic acid groups (broad SMARTS) is 1. The predicted molar refractivity (Wildman–Crippen MR) is 82.5 cm³/mol. The Labute approximate surface area is 129 Å². The minimum atomic E-state index is -0.875. The van der Waals surface area contributed by atoms with Gasteiger partial charge in [0.15, 0.2) is 0 Å². The zero-order chi connectivity index (χ0) is 15.8. The fourth-order valence-corrected chi connectivity index (χ4v) is 2.63. The molecule has 6 nitrogen and oxygen atoms in total. The van der Waals surface area contributed by atoms with Gasteiger partial charge in [0.05, 0.1) is 10.9 Å². The maximum atomic E-state index is 11.7. The number of carbonyl (C=O) groups excluding carboxylic acids is 1. The summed E-state index contributed by atoms with van der Waals surface area (Å²) in [6, 6.07) is -0.339. The van der Waals surface area contributed by atoms with Gasteiger partial charge in [-0.3, -0.25) is 4.79 Å². The SMILES string of the molecule is CC(C)CC(CNC(=O)NCC(C)c1nccs1)C(=O)O. The first-order valence-corrected chi connectivity index (χ1v) is 7.92. The van der Waals surface area contributed by atoms with Gasteiger partial charge in [0.1, 0.15) is 0 Å². The maximum Gasteiger partial charge on any atom is 0.314 e. The summed E-state index contributed by atoms with van der Waals surface area (Å²) in [6.45, 7) is 6.53. The van der Waals surface area contributed by atoms with Crippen LogP contribution in [0.25, 0.3) is 0 Å². The molecular weight excluding hydrogens is 290 g/mol. The van der Waals surface area contributed by atoms with Crippen molar-refractivity contribution < 1.29 is 14.7 Å². The van der Waals surface area contributed by atoms with Gasteiger partial charge in [0.25, 0.3) is 0 Å². The van der Waals surface area contributed by atoms with Crippen molar-refractivity contribution in [2.45, 2.75) is 33.1 Å². The van der Waals surface area contributed by atoms with E-state index in [9.17, 15) is 9.59 Å². The zero-order valence-electron chi connectivity index (χ0n) is 12.6. The van der Waals surface area contributed by atoms with Crippen LogP contribution in [0.4, 0.5) is 4.79 Å². The van der Waals surface area contributed by atoms with Crippen LogP contribution in [-0.4, -0.2) is 35.2 Å². The van der Waals surface area contributed by atoms with Gasteiger partial charge in [-0.05, 0) is 12.3 Å². The molecule has 0 bridgehead atoms. The van der Waals surface area contributed by atoms with Crippen LogP contribution >= 0.6 is 11.3 Å². The first-order chi connectivity index (χ1) is 9.90. The predicted octanol–water partition coefficient (Wildman–Crippen LogP) is 2.29. The Balaban J connectivity index is 2.31. The Bertz CT molecular complexity index is 448. The Morgan fingerprint density at radius 1 is 1.29 bits per heavy atom. The number of thiazole rings is 1. The average molecular weight is 313 g/mol. The molecule has 0 saturated heterocycles. The summed E-state index contributed by atoms with van der Waals surface area (Å²) in [7, 11) is 0. The fourth-order valence-electron chi connectivity index (χ4n) is 1.93. The lowest BCUT2D eigenvalue weighted by atomic mass is 9.97. The molecule has 0 aromatic carbocycles. The van der Waals surface area contributed by atoms with Gasteiger partial charge in [-0.1, -0.05) is 20.8 Å². The second kappa shape index (κ2) is 8.61. The van der Waals surface area contributed by atoms with Crippen molar-refractivity contribution in [1.82, 2.24) is 15.6 Å². The van der Waals surface area contributed by atoms with Crippen LogP contribution in [0.15, 0.2) is 11.6 Å². The number of carbonyl (C=O) groups is 2. The van der Waals surface area contributed by atoms with Crippen molar-refractivity contribution in [3.05, 3.63) is 16.6 Å². The number of amides is 2. The number of hydrogen-bond donors (Lipinski definition) is 3. The molecule has 0 radical (unpaired) electrons. The molecule has 7 heteroatoms. The number of carboxylic acids is 1. The van der Waals surface area contributed by atoms with Crippen molar-refractivity contribution in [1.29, 1.82) is 0 Å². The van der Waals surface area contributed by atoms with Crippen LogP contribution in [0.2, 0.25) is 0 Å². The molecule has 3 N–H and O–H groups in total. The number of aliphatic carboxylic acids is 1. The lowest BCUT2D eigenvalue weighted by Gasteiger charge is -2.16. The minimum absolute atomic E-state index is 0.140. The molecule has 0 aliphatic carbocycles. The molecule has 1 rings (SSSR count). The van der Waals surface area contributed by atoms with E-state index in [0.29, 0.717) is 13.0 Å². The second-order valence-electron chi connectivity index (χ2n) is 5.53. The number of hydrogen-bond acceptors (Lipinski definition) is 4. The average Bonchev–Trinajstić information content (AvgIpc) is 2.94. The molecule has 0 fully saturated rings. The van der Waals surface area contributed by atoms with Gasteiger partial charge in [0.2, 0.25) is 0 Å². The first-order valence-electron chi connectivity index (χ1n) is 7.04. The van der Waals surface area contributed by atoms with Crippen LogP contribution in [-0.2, 0) is 4.79 Å². The summed E-state index contributed by atoms with van der Waals surface area (Å²) in [5.41, 5.74) is 0. The molecule has 0 aliphatic heterocycles. The number of nitrogens with zero attached hydrogens (tertiary/aromatic N) is 1. The highest BCUT2D eigenvalue weighted by molar-refractivity contribution is 7.09. The third-order valence-electron chi connectivity index (χ3n) is 3.06. The van der Waals surface area contributed by atoms with E-state index < -0.39 is 11.9 Å². The van der Waals surface area contributed by atoms with Crippen molar-refractivity contribution >= 4 is 23.3 Å². The van der Waals surface area contributed by atoms with Crippen LogP contribution in [0, 0.1) is 11.8 Å². The maximum absolute atomic E-state index is 11.7. The Kier molecular flexibility index (Phi) is 7.14. The van der Waals surface area contributed by atoms with Crippen LogP contribution < -0.4 is 10.6 Å². The van der Waals surface area contributed by atoms with E-state index in [1.807, 2.05) is 26.2 Å². The van der Waals surface area contributed by atoms with Crippen molar-refractivity contribution in [3.63, 3.8) is 0 Å². The molecular formula is C14H23N3O3S. The van der Waals surface area contributed by atoms with Gasteiger partial charge >= 0.3 is 12.0 Å². The lowest BCUT2D eigenvalue weighted by molar-refractivity contribution is -0.142. The number of aromatic nitrogens is 1. The Morgan fingerprint density at radius 2 is 1.95 bits per heavy atom. The third kappa shape index (κ3) is 6.57. The van der Waals surface area contributed by atoms with E-state index in [-0.39, 0.29) is 24.4 Å². The van der Waals surface area contributed by atoms with Crippen molar-refractivity contribution in [2.24, 2.45) is 11.8 Å². The monoisotopic (exact) mass is 313 g/mol. The summed E-state index contributed by atoms with van der Waals surface area (Å²) in [4.78, 5) is 27.0. The molecule has 0 aliphatic rings. The van der Waals surface area contributed by atoms with E-state index in [1.165, 1.54) is 0 Å². The van der Waals surface area contributed by atoms with Crippen LogP contribution in [0.3, 0.4) is 0 Å². The Hall–Kier alpha value is -1.63. The van der Waals surface area contributed by atoms with Crippen molar-refractivity contribution in [3.8, 4) is 0 Å². The zero-order valence-corrected chi connectivity index (χ0v) is 13.4. The molecule has 118 valence electrons. The smallest absolute Gasteiger partial charge is 0.314 e. The molecule has 0 spiro atoms. The number of urea groups is 1. The summed E-state index contributed by atoms with van der Waals surface area (Å²) < 4.78 is 0. The highest BCUT2D eigenvalue weighted by atomic mass is 32.1. The normalized spacial score (nSPS) is 13.7. The quantitative estimate of drug-likeness (QED) is 0.686. The van der Waals surface area contributed by atoms with E-state index in [0.717, 1.165) is 5.01 Å². The topological polar surface area (TPSA) is 91.3 Å². The summed E-state index contributed by atoms with van der Waals surface area (Å²) >= 11 is 1.55. The summed E-state index contributed by atoms with van der Waals surface area (Å²) in [5, 5.41) is 17.3. The Morgan fingerprint density at radius 3 is 2.48 bits per heavy atom. The molecule has 1 heterocycles. The summed E-state index contributed by atoms with van der Waals surface area (Å²) in [5.74, 6) is -1.00. The molecule has 2 unspecified atom stereocenters. The molecule has 21 heavy (non-hydrogen) atoms. The van der Waals surface area contributed by atoms with E-state index in [1.54, 1.807) is 17.5 Å². The lowest BCUT2D eigenvalue weighted by Crippen LogP contribution is -2.41. The first kappa shape index (κ1) is 17.4. The fraction of sp³-hybridized carbons (Fsp3) is 0.643. The van der Waals surface area contributed by atoms with E-state index in [4.69, 9.17) is 5.11 Å². The minimum Gasteiger partial charge on any atom is -0.481 e. The molecule has 2 amide bonds. The van der Waals surface area contributed by atoms with E-state index >= 15 is 0 Å². The molecule has 1 aromatic heterocycles. The largest absolute Gasteiger partial charge is 0.481 e. The van der Waals surface area contributed by atoms with Crippen LogP contribution in [0.5, 0.6) is 0 Å². The van der Waals surface area contributed by atoms with E-state index in [2.05, 4.69) is 15.6 Å². The van der Waals surface area contributed by atoms with Crippen molar-refractivity contribution in [2.75, 3.05) is 13.1 Å². The standard InChI is InChI=1S/C14H23N3O3S/c1-9(2)6-11(13(18)19)8-17-14(20)16-7-10(3)12-15-4-5-21-12/h4-5,9-11H,6-8H2,1-3H3,(H,18,19)(H2,16,17,20). The second-order valence-corrected chi connectivity index (χ2v) is 6.45. The van der Waals surface area contributed by atoms with Crippen LogP contribution in [0.1, 0.15) is 38.1 Å². The summed E-state index contributed by atoms with van der Waals surface area (Å²) in [6.07, 6.45) is 2.28.